The molecule has 1 aromatic rings. The van der Waals surface area contributed by atoms with Gasteiger partial charge in [0.25, 0.3) is 0 Å². The lowest BCUT2D eigenvalue weighted by Gasteiger charge is -2.13. The van der Waals surface area contributed by atoms with Crippen molar-refractivity contribution in [2.75, 3.05) is 6.61 Å². The van der Waals surface area contributed by atoms with E-state index in [0.29, 0.717) is 0 Å². The summed E-state index contributed by atoms with van der Waals surface area (Å²) in [5, 5.41) is 17.6. The molecule has 104 valence electrons. The number of ether oxygens (including phenoxy) is 1. The number of aromatic hydroxyl groups is 1. The first-order valence-electron chi connectivity index (χ1n) is 5.58. The number of carboxylic acid groups (broad SMARTS) is 1. The quantitative estimate of drug-likeness (QED) is 0.497. The number of esters is 1. The third-order valence-electron chi connectivity index (χ3n) is 2.42. The highest BCUT2D eigenvalue weighted by Gasteiger charge is 2.19. The van der Waals surface area contributed by atoms with Gasteiger partial charge in [0.1, 0.15) is 24.4 Å². The van der Waals surface area contributed by atoms with Crippen LogP contribution in [0.3, 0.4) is 0 Å². The zero-order valence-electron chi connectivity index (χ0n) is 10.2. The van der Waals surface area contributed by atoms with Gasteiger partial charge in [0, 0.05) is 0 Å². The van der Waals surface area contributed by atoms with Gasteiger partial charge >= 0.3 is 11.9 Å². The largest absolute Gasteiger partial charge is 0.508 e. The minimum atomic E-state index is -1.26. The van der Waals surface area contributed by atoms with Crippen LogP contribution in [0.5, 0.6) is 5.75 Å². The van der Waals surface area contributed by atoms with E-state index in [1.807, 2.05) is 0 Å². The van der Waals surface area contributed by atoms with Crippen molar-refractivity contribution in [1.82, 2.24) is 0 Å². The molecule has 0 aliphatic heterocycles. The number of benzene rings is 1. The Morgan fingerprint density at radius 1 is 1.16 bits per heavy atom. The van der Waals surface area contributed by atoms with E-state index in [0.717, 1.165) is 5.56 Å². The van der Waals surface area contributed by atoms with Gasteiger partial charge in [-0.15, -0.1) is 0 Å². The van der Waals surface area contributed by atoms with Gasteiger partial charge in [-0.25, -0.2) is 0 Å². The number of rotatable bonds is 6. The van der Waals surface area contributed by atoms with Crippen LogP contribution in [0.1, 0.15) is 5.56 Å². The summed E-state index contributed by atoms with van der Waals surface area (Å²) in [7, 11) is 0. The topological polar surface area (TPSA) is 136 Å². The first-order valence-corrected chi connectivity index (χ1v) is 5.58. The summed E-state index contributed by atoms with van der Waals surface area (Å²) < 4.78 is 4.70. The first kappa shape index (κ1) is 14.9. The third-order valence-corrected chi connectivity index (χ3v) is 2.42. The molecule has 0 aliphatic rings. The van der Waals surface area contributed by atoms with Crippen LogP contribution in [0.25, 0.3) is 0 Å². The number of phenolic OH excluding ortho intramolecular Hbond substituents is 1. The van der Waals surface area contributed by atoms with E-state index < -0.39 is 30.6 Å². The number of phenols is 1. The Balaban J connectivity index is 2.44. The molecule has 7 nitrogen and oxygen atoms in total. The number of carbonyl (C=O) groups is 2. The monoisotopic (exact) mass is 268 g/mol. The van der Waals surface area contributed by atoms with Gasteiger partial charge in [0.05, 0.1) is 0 Å². The summed E-state index contributed by atoms with van der Waals surface area (Å²) in [4.78, 5) is 21.9. The Bertz CT molecular complexity index is 446. The molecule has 0 heterocycles. The second-order valence-corrected chi connectivity index (χ2v) is 4.05. The van der Waals surface area contributed by atoms with Gasteiger partial charge in [-0.05, 0) is 24.1 Å². The summed E-state index contributed by atoms with van der Waals surface area (Å²) >= 11 is 0. The molecule has 1 aromatic carbocycles. The van der Waals surface area contributed by atoms with Crippen molar-refractivity contribution >= 4 is 11.9 Å². The Kier molecular flexibility index (Phi) is 5.28. The van der Waals surface area contributed by atoms with E-state index in [1.54, 1.807) is 12.1 Å². The maximum Gasteiger partial charge on any atom is 0.324 e. The van der Waals surface area contributed by atoms with Crippen LogP contribution < -0.4 is 11.5 Å². The number of aliphatic carboxylic acids is 1. The van der Waals surface area contributed by atoms with Crippen LogP contribution in [0.15, 0.2) is 24.3 Å². The molecule has 7 heteroatoms. The van der Waals surface area contributed by atoms with Gasteiger partial charge in [-0.3, -0.25) is 9.59 Å². The molecule has 0 fully saturated rings. The molecule has 0 radical (unpaired) electrons. The average Bonchev–Trinajstić information content (AvgIpc) is 2.37. The van der Waals surface area contributed by atoms with Gasteiger partial charge in [-0.1, -0.05) is 12.1 Å². The molecule has 2 atom stereocenters. The van der Waals surface area contributed by atoms with E-state index >= 15 is 0 Å². The van der Waals surface area contributed by atoms with Gasteiger partial charge in [0.2, 0.25) is 0 Å². The number of carbonyl (C=O) groups excluding carboxylic acids is 1. The fourth-order valence-electron chi connectivity index (χ4n) is 1.32. The second kappa shape index (κ2) is 6.72. The Labute approximate surface area is 109 Å². The molecule has 0 unspecified atom stereocenters. The molecule has 0 spiro atoms. The summed E-state index contributed by atoms with van der Waals surface area (Å²) in [6.45, 7) is -0.419. The lowest BCUT2D eigenvalue weighted by atomic mass is 10.1. The van der Waals surface area contributed by atoms with Crippen molar-refractivity contribution in [3.8, 4) is 5.75 Å². The predicted octanol–water partition coefficient (Wildman–Crippen LogP) is -0.783. The second-order valence-electron chi connectivity index (χ2n) is 4.05. The van der Waals surface area contributed by atoms with Crippen molar-refractivity contribution in [1.29, 1.82) is 0 Å². The van der Waals surface area contributed by atoms with Crippen molar-refractivity contribution in [3.63, 3.8) is 0 Å². The van der Waals surface area contributed by atoms with Crippen LogP contribution in [0.4, 0.5) is 0 Å². The molecule has 0 saturated heterocycles. The van der Waals surface area contributed by atoms with E-state index in [-0.39, 0.29) is 12.2 Å². The fourth-order valence-corrected chi connectivity index (χ4v) is 1.32. The van der Waals surface area contributed by atoms with E-state index in [4.69, 9.17) is 26.4 Å². The van der Waals surface area contributed by atoms with Crippen LogP contribution in [-0.2, 0) is 20.7 Å². The van der Waals surface area contributed by atoms with Crippen molar-refractivity contribution in [2.45, 2.75) is 18.5 Å². The van der Waals surface area contributed by atoms with Crippen LogP contribution in [-0.4, -0.2) is 40.8 Å². The van der Waals surface area contributed by atoms with Crippen LogP contribution >= 0.6 is 0 Å². The lowest BCUT2D eigenvalue weighted by molar-refractivity contribution is -0.149. The molecule has 19 heavy (non-hydrogen) atoms. The maximum atomic E-state index is 11.5. The third kappa shape index (κ3) is 4.94. The lowest BCUT2D eigenvalue weighted by Crippen LogP contribution is -2.40. The summed E-state index contributed by atoms with van der Waals surface area (Å²) in [6, 6.07) is 4.05. The number of nitrogens with two attached hydrogens (primary N) is 2. The smallest absolute Gasteiger partial charge is 0.324 e. The van der Waals surface area contributed by atoms with Crippen LogP contribution in [0, 0.1) is 0 Å². The molecule has 0 aromatic heterocycles. The van der Waals surface area contributed by atoms with E-state index in [1.165, 1.54) is 12.1 Å². The average molecular weight is 268 g/mol. The highest BCUT2D eigenvalue weighted by molar-refractivity contribution is 5.77. The molecule has 0 aliphatic carbocycles. The van der Waals surface area contributed by atoms with E-state index in [9.17, 15) is 9.59 Å². The zero-order chi connectivity index (χ0) is 14.4. The van der Waals surface area contributed by atoms with Crippen molar-refractivity contribution in [3.05, 3.63) is 29.8 Å². The maximum absolute atomic E-state index is 11.5. The molecule has 0 saturated carbocycles. The highest BCUT2D eigenvalue weighted by Crippen LogP contribution is 2.11. The van der Waals surface area contributed by atoms with Gasteiger partial charge < -0.3 is 26.4 Å². The summed E-state index contributed by atoms with van der Waals surface area (Å²) in [6.07, 6.45) is 0.224. The van der Waals surface area contributed by atoms with Gasteiger partial charge in [-0.2, -0.15) is 0 Å². The standard InChI is InChI=1S/C12H16N2O5/c13-9(5-7-1-3-8(15)4-2-7)12(18)19-6-10(14)11(16)17/h1-4,9-10,15H,5-6,13-14H2,(H,16,17)/t9-,10+/m1/s1. The molecular formula is C12H16N2O5. The number of hydrogen-bond donors (Lipinski definition) is 4. The normalized spacial score (nSPS) is 13.6. The SMILES string of the molecule is N[C@H](Cc1ccc(O)cc1)C(=O)OC[C@H](N)C(=O)O. The highest BCUT2D eigenvalue weighted by atomic mass is 16.5. The van der Waals surface area contributed by atoms with Crippen molar-refractivity contribution < 1.29 is 24.5 Å². The number of hydrogen-bond acceptors (Lipinski definition) is 6. The van der Waals surface area contributed by atoms with E-state index in [2.05, 4.69) is 0 Å². The predicted molar refractivity (Wildman–Crippen MR) is 66.4 cm³/mol. The fraction of sp³-hybridized carbons (Fsp3) is 0.333. The van der Waals surface area contributed by atoms with Gasteiger partial charge in [0.15, 0.2) is 0 Å². The minimum absolute atomic E-state index is 0.118. The summed E-state index contributed by atoms with van der Waals surface area (Å²) in [5.74, 6) is -1.85. The number of carboxylic acids is 1. The zero-order valence-corrected chi connectivity index (χ0v) is 10.2. The first-order chi connectivity index (χ1) is 8.90. The Morgan fingerprint density at radius 2 is 1.74 bits per heavy atom. The molecular weight excluding hydrogens is 252 g/mol. The molecule has 1 rings (SSSR count). The van der Waals surface area contributed by atoms with Crippen LogP contribution in [0.2, 0.25) is 0 Å². The Hall–Kier alpha value is -2.12. The van der Waals surface area contributed by atoms with Crippen molar-refractivity contribution in [2.24, 2.45) is 11.5 Å². The summed E-state index contributed by atoms with van der Waals surface area (Å²) in [5.41, 5.74) is 11.6. The Morgan fingerprint density at radius 3 is 2.26 bits per heavy atom. The molecule has 0 bridgehead atoms. The molecule has 6 N–H and O–H groups in total. The minimum Gasteiger partial charge on any atom is -0.508 e. The molecule has 0 amide bonds.